The van der Waals surface area contributed by atoms with Gasteiger partial charge in [0.05, 0.1) is 6.20 Å². The quantitative estimate of drug-likeness (QED) is 0.689. The lowest BCUT2D eigenvalue weighted by molar-refractivity contribution is 0.487. The number of aryl methyl sites for hydroxylation is 1. The fourth-order valence-corrected chi connectivity index (χ4v) is 1.05. The summed E-state index contributed by atoms with van der Waals surface area (Å²) >= 11 is 4.17. The Morgan fingerprint density at radius 1 is 1.64 bits per heavy atom. The van der Waals surface area contributed by atoms with Crippen LogP contribution in [0.1, 0.15) is 20.3 Å². The Morgan fingerprint density at radius 2 is 2.36 bits per heavy atom. The second-order valence-corrected chi connectivity index (χ2v) is 3.66. The lowest BCUT2D eigenvalue weighted by atomic mass is 10.1. The first kappa shape index (κ1) is 8.65. The molecule has 0 aliphatic rings. The summed E-state index contributed by atoms with van der Waals surface area (Å²) in [7, 11) is 0. The summed E-state index contributed by atoms with van der Waals surface area (Å²) in [6, 6.07) is 0. The molecule has 0 saturated carbocycles. The molecule has 0 N–H and O–H groups in total. The van der Waals surface area contributed by atoms with Gasteiger partial charge in [0.2, 0.25) is 0 Å². The molecule has 1 aromatic heterocycles. The molecule has 0 aromatic carbocycles. The summed E-state index contributed by atoms with van der Waals surface area (Å²) in [5.74, 6) is 0.738. The van der Waals surface area contributed by atoms with Gasteiger partial charge in [0.15, 0.2) is 0 Å². The summed E-state index contributed by atoms with van der Waals surface area (Å²) in [4.78, 5) is 0.939. The van der Waals surface area contributed by atoms with Crippen molar-refractivity contribution in [2.75, 3.05) is 0 Å². The van der Waals surface area contributed by atoms with Crippen molar-refractivity contribution < 1.29 is 0 Å². The minimum atomic E-state index is 0.738. The lowest BCUT2D eigenvalue weighted by Gasteiger charge is -2.03. The first-order chi connectivity index (χ1) is 5.18. The molecule has 0 aliphatic heterocycles. The predicted octanol–water partition coefficient (Wildman–Crippen LogP) is 2.22. The predicted molar refractivity (Wildman–Crippen MR) is 48.9 cm³/mol. The maximum absolute atomic E-state index is 4.17. The Hall–Kier alpha value is -0.440. The van der Waals surface area contributed by atoms with Crippen LogP contribution in [-0.2, 0) is 6.54 Å². The van der Waals surface area contributed by atoms with Gasteiger partial charge in [0.1, 0.15) is 0 Å². The van der Waals surface area contributed by atoms with Crippen molar-refractivity contribution >= 4 is 12.6 Å². The van der Waals surface area contributed by atoms with Crippen molar-refractivity contribution in [2.45, 2.75) is 31.7 Å². The topological polar surface area (TPSA) is 17.8 Å². The van der Waals surface area contributed by atoms with Gasteiger partial charge in [0.25, 0.3) is 0 Å². The third kappa shape index (κ3) is 2.97. The smallest absolute Gasteiger partial charge is 0.0623 e. The molecule has 62 valence electrons. The van der Waals surface area contributed by atoms with E-state index in [0.29, 0.717) is 0 Å². The van der Waals surface area contributed by atoms with Crippen LogP contribution in [0.15, 0.2) is 17.3 Å². The molecule has 1 heterocycles. The second-order valence-electron chi connectivity index (χ2n) is 3.14. The van der Waals surface area contributed by atoms with Crippen LogP contribution in [0.25, 0.3) is 0 Å². The first-order valence-electron chi connectivity index (χ1n) is 3.90. The average Bonchev–Trinajstić information content (AvgIpc) is 2.31. The maximum atomic E-state index is 4.17. The molecule has 0 saturated heterocycles. The van der Waals surface area contributed by atoms with Gasteiger partial charge in [-0.2, -0.15) is 5.10 Å². The zero-order valence-electron chi connectivity index (χ0n) is 6.99. The van der Waals surface area contributed by atoms with E-state index in [1.54, 1.807) is 6.20 Å². The van der Waals surface area contributed by atoms with Gasteiger partial charge < -0.3 is 0 Å². The van der Waals surface area contributed by atoms with Crippen LogP contribution in [0.5, 0.6) is 0 Å². The van der Waals surface area contributed by atoms with Crippen LogP contribution in [0, 0.1) is 5.92 Å². The molecule has 0 spiro atoms. The zero-order chi connectivity index (χ0) is 8.27. The van der Waals surface area contributed by atoms with E-state index < -0.39 is 0 Å². The number of hydrogen-bond acceptors (Lipinski definition) is 2. The largest absolute Gasteiger partial charge is 0.272 e. The van der Waals surface area contributed by atoms with Crippen molar-refractivity contribution in [3.8, 4) is 0 Å². The maximum Gasteiger partial charge on any atom is 0.0623 e. The highest BCUT2D eigenvalue weighted by molar-refractivity contribution is 7.80. The van der Waals surface area contributed by atoms with Crippen LogP contribution in [-0.4, -0.2) is 9.78 Å². The number of hydrogen-bond donors (Lipinski definition) is 1. The Labute approximate surface area is 73.0 Å². The lowest BCUT2D eigenvalue weighted by Crippen LogP contribution is -2.01. The van der Waals surface area contributed by atoms with Gasteiger partial charge >= 0.3 is 0 Å². The molecule has 0 bridgehead atoms. The Morgan fingerprint density at radius 3 is 2.82 bits per heavy atom. The molecule has 0 fully saturated rings. The molecule has 3 heteroatoms. The van der Waals surface area contributed by atoms with Crippen LogP contribution in [0.2, 0.25) is 0 Å². The normalized spacial score (nSPS) is 10.9. The van der Waals surface area contributed by atoms with Crippen molar-refractivity contribution in [3.63, 3.8) is 0 Å². The first-order valence-corrected chi connectivity index (χ1v) is 4.34. The van der Waals surface area contributed by atoms with E-state index in [0.717, 1.165) is 17.4 Å². The highest BCUT2D eigenvalue weighted by Gasteiger charge is 1.96. The van der Waals surface area contributed by atoms with E-state index in [4.69, 9.17) is 0 Å². The molecule has 1 aromatic rings. The van der Waals surface area contributed by atoms with Crippen molar-refractivity contribution in [1.29, 1.82) is 0 Å². The fraction of sp³-hybridized carbons (Fsp3) is 0.625. The summed E-state index contributed by atoms with van der Waals surface area (Å²) < 4.78 is 1.93. The van der Waals surface area contributed by atoms with Gasteiger partial charge in [-0.15, -0.1) is 12.6 Å². The van der Waals surface area contributed by atoms with Gasteiger partial charge in [-0.3, -0.25) is 4.68 Å². The van der Waals surface area contributed by atoms with Crippen LogP contribution < -0.4 is 0 Å². The van der Waals surface area contributed by atoms with Crippen LogP contribution >= 0.6 is 12.6 Å². The van der Waals surface area contributed by atoms with E-state index in [-0.39, 0.29) is 0 Å². The molecule has 0 atom stereocenters. The molecule has 0 unspecified atom stereocenters. The van der Waals surface area contributed by atoms with E-state index in [9.17, 15) is 0 Å². The highest BCUT2D eigenvalue weighted by atomic mass is 32.1. The van der Waals surface area contributed by atoms with E-state index in [2.05, 4.69) is 31.6 Å². The Kier molecular flexibility index (Phi) is 3.00. The van der Waals surface area contributed by atoms with Crippen molar-refractivity contribution in [3.05, 3.63) is 12.4 Å². The molecule has 11 heavy (non-hydrogen) atoms. The minimum Gasteiger partial charge on any atom is -0.272 e. The number of rotatable bonds is 3. The summed E-state index contributed by atoms with van der Waals surface area (Å²) in [5, 5.41) is 4.13. The van der Waals surface area contributed by atoms with Gasteiger partial charge in [-0.1, -0.05) is 13.8 Å². The van der Waals surface area contributed by atoms with Crippen LogP contribution in [0.3, 0.4) is 0 Å². The molecule has 0 aliphatic carbocycles. The Balaban J connectivity index is 2.39. The standard InChI is InChI=1S/C8H14N2S/c1-7(2)3-4-10-6-8(11)5-9-10/h5-7,11H,3-4H2,1-2H3. The molecule has 1 rings (SSSR count). The molecular formula is C8H14N2S. The summed E-state index contributed by atoms with van der Waals surface area (Å²) in [5.41, 5.74) is 0. The summed E-state index contributed by atoms with van der Waals surface area (Å²) in [6.45, 7) is 5.43. The fourth-order valence-electron chi connectivity index (χ4n) is 0.865. The third-order valence-corrected chi connectivity index (χ3v) is 1.79. The zero-order valence-corrected chi connectivity index (χ0v) is 7.88. The highest BCUT2D eigenvalue weighted by Crippen LogP contribution is 2.05. The second kappa shape index (κ2) is 3.81. The van der Waals surface area contributed by atoms with Crippen molar-refractivity contribution in [1.82, 2.24) is 9.78 Å². The molecule has 0 radical (unpaired) electrons. The van der Waals surface area contributed by atoms with Crippen molar-refractivity contribution in [2.24, 2.45) is 5.92 Å². The molecular weight excluding hydrogens is 156 g/mol. The molecule has 0 amide bonds. The van der Waals surface area contributed by atoms with Crippen LogP contribution in [0.4, 0.5) is 0 Å². The van der Waals surface area contributed by atoms with Gasteiger partial charge in [0, 0.05) is 17.6 Å². The number of thiol groups is 1. The summed E-state index contributed by atoms with van der Waals surface area (Å²) in [6.07, 6.45) is 4.89. The van der Waals surface area contributed by atoms with Gasteiger partial charge in [-0.25, -0.2) is 0 Å². The monoisotopic (exact) mass is 170 g/mol. The van der Waals surface area contributed by atoms with E-state index in [1.807, 2.05) is 10.9 Å². The average molecular weight is 170 g/mol. The van der Waals surface area contributed by atoms with E-state index in [1.165, 1.54) is 6.42 Å². The molecule has 2 nitrogen and oxygen atoms in total. The Bertz CT molecular complexity index is 218. The van der Waals surface area contributed by atoms with E-state index >= 15 is 0 Å². The van der Waals surface area contributed by atoms with Gasteiger partial charge in [-0.05, 0) is 12.3 Å². The SMILES string of the molecule is CC(C)CCn1cc(S)cn1. The third-order valence-electron chi connectivity index (χ3n) is 1.56. The number of aromatic nitrogens is 2. The minimum absolute atomic E-state index is 0.738. The number of nitrogens with zero attached hydrogens (tertiary/aromatic N) is 2.